The Morgan fingerprint density at radius 2 is 0.833 bits per heavy atom. The van der Waals surface area contributed by atoms with Crippen molar-refractivity contribution in [3.05, 3.63) is 0 Å². The predicted molar refractivity (Wildman–Crippen MR) is 133 cm³/mol. The normalized spacial score (nSPS) is 13.1. The minimum atomic E-state index is -1.74. The van der Waals surface area contributed by atoms with Crippen molar-refractivity contribution in [1.29, 1.82) is 0 Å². The monoisotopic (exact) mass is 427 g/mol. The average Bonchev–Trinajstić information content (AvgIpc) is 2.70. The lowest BCUT2D eigenvalue weighted by Gasteiger charge is -2.25. The van der Waals surface area contributed by atoms with Crippen molar-refractivity contribution >= 4 is 0 Å². The van der Waals surface area contributed by atoms with E-state index in [0.717, 1.165) is 12.8 Å². The zero-order valence-electron chi connectivity index (χ0n) is 21.0. The van der Waals surface area contributed by atoms with E-state index in [1.807, 2.05) is 0 Å². The van der Waals surface area contributed by atoms with Crippen LogP contribution >= 0.6 is 0 Å². The molecule has 0 aromatic carbocycles. The predicted octanol–water partition coefficient (Wildman–Crippen LogP) is 8.22. The summed E-state index contributed by atoms with van der Waals surface area (Å²) in [5, 5.41) is 21.7. The van der Waals surface area contributed by atoms with E-state index in [1.165, 1.54) is 135 Å². The van der Waals surface area contributed by atoms with Gasteiger partial charge in [0.05, 0.1) is 0 Å². The summed E-state index contributed by atoms with van der Waals surface area (Å²) in [7, 11) is 0. The Bertz CT molecular complexity index is 327. The first-order valence-corrected chi connectivity index (χ1v) is 13.7. The highest BCUT2D eigenvalue weighted by molar-refractivity contribution is 4.68. The molecule has 0 aliphatic carbocycles. The fraction of sp³-hybridized carbons (Fsp3) is 1.00. The van der Waals surface area contributed by atoms with E-state index >= 15 is 0 Å². The highest BCUT2D eigenvalue weighted by Gasteiger charge is 2.18. The third-order valence-electron chi connectivity index (χ3n) is 6.38. The van der Waals surface area contributed by atoms with Gasteiger partial charge in [0, 0.05) is 13.0 Å². The molecule has 0 aromatic heterocycles. The third kappa shape index (κ3) is 24.2. The van der Waals surface area contributed by atoms with E-state index in [-0.39, 0.29) is 6.04 Å². The van der Waals surface area contributed by atoms with Gasteiger partial charge < -0.3 is 10.2 Å². The van der Waals surface area contributed by atoms with E-state index in [4.69, 9.17) is 0 Å². The number of aliphatic hydroxyl groups is 2. The molecule has 3 nitrogen and oxygen atoms in total. The van der Waals surface area contributed by atoms with Crippen LogP contribution in [0.1, 0.15) is 162 Å². The lowest BCUT2D eigenvalue weighted by Crippen LogP contribution is -2.47. The molecule has 30 heavy (non-hydrogen) atoms. The molecule has 0 amide bonds. The number of rotatable bonds is 24. The van der Waals surface area contributed by atoms with Gasteiger partial charge in [-0.25, -0.2) is 0 Å². The Morgan fingerprint density at radius 3 is 1.10 bits per heavy atom. The summed E-state index contributed by atoms with van der Waals surface area (Å²) >= 11 is 0. The number of hydrogen-bond donors (Lipinski definition) is 3. The summed E-state index contributed by atoms with van der Waals surface area (Å²) in [4.78, 5) is 0. The molecule has 3 heteroatoms. The third-order valence-corrected chi connectivity index (χ3v) is 6.38. The van der Waals surface area contributed by atoms with Crippen molar-refractivity contribution < 1.29 is 10.2 Å². The van der Waals surface area contributed by atoms with Crippen molar-refractivity contribution in [2.24, 2.45) is 0 Å². The summed E-state index contributed by atoms with van der Waals surface area (Å²) in [5.74, 6) is -1.74. The maximum Gasteiger partial charge on any atom is 0.219 e. The highest BCUT2D eigenvalue weighted by atomic mass is 16.5. The van der Waals surface area contributed by atoms with E-state index in [0.29, 0.717) is 0 Å². The van der Waals surface area contributed by atoms with Crippen LogP contribution < -0.4 is 5.32 Å². The molecule has 0 radical (unpaired) electrons. The van der Waals surface area contributed by atoms with Crippen LogP contribution in [0.15, 0.2) is 0 Å². The molecule has 0 heterocycles. The molecule has 0 rings (SSSR count). The molecule has 0 aliphatic heterocycles. The second-order valence-electron chi connectivity index (χ2n) is 9.78. The molecule has 0 saturated carbocycles. The smallest absolute Gasteiger partial charge is 0.219 e. The fourth-order valence-electron chi connectivity index (χ4n) is 4.41. The zero-order valence-corrected chi connectivity index (χ0v) is 21.0. The van der Waals surface area contributed by atoms with Gasteiger partial charge in [-0.2, -0.15) is 0 Å². The van der Waals surface area contributed by atoms with Crippen LogP contribution in [0.4, 0.5) is 0 Å². The van der Waals surface area contributed by atoms with Crippen molar-refractivity contribution in [3.8, 4) is 0 Å². The van der Waals surface area contributed by atoms with Crippen LogP contribution in [0.5, 0.6) is 0 Å². The van der Waals surface area contributed by atoms with Gasteiger partial charge in [0.25, 0.3) is 0 Å². The van der Waals surface area contributed by atoms with Gasteiger partial charge in [-0.1, -0.05) is 142 Å². The molecule has 1 atom stereocenters. The van der Waals surface area contributed by atoms with E-state index in [9.17, 15) is 10.2 Å². The summed E-state index contributed by atoms with van der Waals surface area (Å²) < 4.78 is 0. The van der Waals surface area contributed by atoms with Crippen LogP contribution in [0.3, 0.4) is 0 Å². The van der Waals surface area contributed by atoms with Crippen LogP contribution in [0, 0.1) is 0 Å². The van der Waals surface area contributed by atoms with Crippen LogP contribution in [-0.4, -0.2) is 22.2 Å². The minimum absolute atomic E-state index is 0.209. The maximum absolute atomic E-state index is 9.43. The highest BCUT2D eigenvalue weighted by Crippen LogP contribution is 2.15. The van der Waals surface area contributed by atoms with Gasteiger partial charge in [-0.3, -0.25) is 5.32 Å². The zero-order chi connectivity index (χ0) is 22.3. The summed E-state index contributed by atoms with van der Waals surface area (Å²) in [5.41, 5.74) is 0. The van der Waals surface area contributed by atoms with Gasteiger partial charge in [-0.15, -0.1) is 0 Å². The van der Waals surface area contributed by atoms with Crippen LogP contribution in [-0.2, 0) is 0 Å². The fourth-order valence-corrected chi connectivity index (χ4v) is 4.41. The van der Waals surface area contributed by atoms with E-state index in [1.54, 1.807) is 0 Å². The molecule has 0 aromatic rings. The van der Waals surface area contributed by atoms with Gasteiger partial charge in [-0.05, 0) is 12.8 Å². The van der Waals surface area contributed by atoms with Gasteiger partial charge in [0.15, 0.2) is 0 Å². The molecule has 0 spiro atoms. The Morgan fingerprint density at radius 1 is 0.533 bits per heavy atom. The molecule has 0 bridgehead atoms. The Balaban J connectivity index is 3.18. The lowest BCUT2D eigenvalue weighted by atomic mass is 10.0. The van der Waals surface area contributed by atoms with Crippen molar-refractivity contribution in [1.82, 2.24) is 5.32 Å². The average molecular weight is 428 g/mol. The molecule has 0 saturated heterocycles. The summed E-state index contributed by atoms with van der Waals surface area (Å²) in [6, 6.07) is 0.209. The largest absolute Gasteiger partial charge is 0.354 e. The number of nitrogens with one attached hydrogen (secondary N) is 1. The Kier molecular flexibility index (Phi) is 22.0. The maximum atomic E-state index is 9.43. The molecule has 1 unspecified atom stereocenters. The Labute approximate surface area is 189 Å². The summed E-state index contributed by atoms with van der Waals surface area (Å²) in [6.45, 7) is 5.78. The van der Waals surface area contributed by atoms with Gasteiger partial charge in [0.2, 0.25) is 5.91 Å². The molecule has 0 fully saturated rings. The van der Waals surface area contributed by atoms with Crippen molar-refractivity contribution in [2.75, 3.05) is 0 Å². The van der Waals surface area contributed by atoms with E-state index in [2.05, 4.69) is 19.2 Å². The summed E-state index contributed by atoms with van der Waals surface area (Å²) in [6.07, 6.45) is 30.1. The molecule has 0 aliphatic rings. The minimum Gasteiger partial charge on any atom is -0.354 e. The first kappa shape index (κ1) is 29.9. The quantitative estimate of drug-likeness (QED) is 0.107. The standard InChI is InChI=1S/C27H57NO2/c1-4-6-7-8-9-10-11-12-13-14-15-16-17-18-19-20-21-22-23-24-25-26(5-2)28-27(3,29)30/h26,28-30H,4-25H2,1-3H3. The SMILES string of the molecule is CCCCCCCCCCCCCCCCCCCCCCC(CC)NC(C)(O)O. The molecular formula is C27H57NO2. The lowest BCUT2D eigenvalue weighted by molar-refractivity contribution is -0.176. The topological polar surface area (TPSA) is 52.5 Å². The number of unbranched alkanes of at least 4 members (excludes halogenated alkanes) is 19. The van der Waals surface area contributed by atoms with E-state index < -0.39 is 5.91 Å². The van der Waals surface area contributed by atoms with Gasteiger partial charge in [0.1, 0.15) is 0 Å². The second-order valence-corrected chi connectivity index (χ2v) is 9.78. The molecule has 3 N–H and O–H groups in total. The second kappa shape index (κ2) is 22.1. The van der Waals surface area contributed by atoms with Gasteiger partial charge >= 0.3 is 0 Å². The van der Waals surface area contributed by atoms with Crippen LogP contribution in [0.25, 0.3) is 0 Å². The van der Waals surface area contributed by atoms with Crippen molar-refractivity contribution in [2.45, 2.75) is 174 Å². The first-order valence-electron chi connectivity index (χ1n) is 13.7. The number of hydrogen-bond acceptors (Lipinski definition) is 3. The Hall–Kier alpha value is -0.120. The molecular weight excluding hydrogens is 370 g/mol. The molecule has 182 valence electrons. The van der Waals surface area contributed by atoms with Crippen molar-refractivity contribution in [3.63, 3.8) is 0 Å². The first-order chi connectivity index (χ1) is 14.5. The van der Waals surface area contributed by atoms with Crippen LogP contribution in [0.2, 0.25) is 0 Å².